The number of halogens is 1. The molecule has 0 bridgehead atoms. The number of rotatable bonds is 5. The van der Waals surface area contributed by atoms with Gasteiger partial charge in [0, 0.05) is 16.4 Å². The van der Waals surface area contributed by atoms with Gasteiger partial charge >= 0.3 is 5.97 Å². The van der Waals surface area contributed by atoms with E-state index in [4.69, 9.17) is 10.5 Å². The molecule has 0 aliphatic carbocycles. The first-order chi connectivity index (χ1) is 8.28. The van der Waals surface area contributed by atoms with Crippen molar-refractivity contribution in [3.63, 3.8) is 0 Å². The Kier molecular flexibility index (Phi) is 5.15. The number of benzene rings is 1. The first-order valence-electron chi connectivity index (χ1n) is 5.19. The molecule has 2 N–H and O–H groups in total. The lowest BCUT2D eigenvalue weighted by molar-refractivity contribution is 0.0505. The van der Waals surface area contributed by atoms with E-state index in [0.29, 0.717) is 15.7 Å². The summed E-state index contributed by atoms with van der Waals surface area (Å²) in [5.74, 6) is -0.516. The lowest BCUT2D eigenvalue weighted by atomic mass is 10.2. The maximum absolute atomic E-state index is 11.6. The maximum Gasteiger partial charge on any atom is 0.338 e. The van der Waals surface area contributed by atoms with Crippen molar-refractivity contribution in [3.8, 4) is 0 Å². The molecule has 0 radical (unpaired) electrons. The third-order valence-electron chi connectivity index (χ3n) is 2.05. The number of hydrogen-bond acceptors (Lipinski definition) is 5. The highest BCUT2D eigenvalue weighted by Crippen LogP contribution is 2.17. The third kappa shape index (κ3) is 5.50. The molecule has 100 valence electrons. The SMILES string of the molecule is CS(=O)(=O)CCCOC(=O)c1cc(N)cc(Br)c1. The van der Waals surface area contributed by atoms with Crippen LogP contribution in [-0.4, -0.2) is 33.0 Å². The maximum atomic E-state index is 11.6. The van der Waals surface area contributed by atoms with Crippen LogP contribution in [0.2, 0.25) is 0 Å². The first kappa shape index (κ1) is 15.0. The molecule has 0 aliphatic heterocycles. The van der Waals surface area contributed by atoms with Gasteiger partial charge in [0.25, 0.3) is 0 Å². The highest BCUT2D eigenvalue weighted by molar-refractivity contribution is 9.10. The summed E-state index contributed by atoms with van der Waals surface area (Å²) in [6.07, 6.45) is 1.43. The second kappa shape index (κ2) is 6.19. The van der Waals surface area contributed by atoms with Crippen molar-refractivity contribution in [1.29, 1.82) is 0 Å². The molecule has 0 amide bonds. The van der Waals surface area contributed by atoms with Gasteiger partial charge in [-0.05, 0) is 24.6 Å². The largest absolute Gasteiger partial charge is 0.462 e. The quantitative estimate of drug-likeness (QED) is 0.502. The summed E-state index contributed by atoms with van der Waals surface area (Å²) in [5, 5.41) is 0. The first-order valence-corrected chi connectivity index (χ1v) is 8.04. The normalized spacial score (nSPS) is 11.2. The summed E-state index contributed by atoms with van der Waals surface area (Å²) in [6.45, 7) is 0.0678. The summed E-state index contributed by atoms with van der Waals surface area (Å²) in [5.41, 5.74) is 6.38. The number of nitrogen functional groups attached to an aromatic ring is 1. The van der Waals surface area contributed by atoms with Crippen molar-refractivity contribution in [3.05, 3.63) is 28.2 Å². The van der Waals surface area contributed by atoms with Crippen LogP contribution in [0, 0.1) is 0 Å². The van der Waals surface area contributed by atoms with Gasteiger partial charge in [0.05, 0.1) is 17.9 Å². The topological polar surface area (TPSA) is 86.5 Å². The van der Waals surface area contributed by atoms with E-state index < -0.39 is 15.8 Å². The fourth-order valence-corrected chi connectivity index (χ4v) is 2.45. The van der Waals surface area contributed by atoms with E-state index >= 15 is 0 Å². The third-order valence-corrected chi connectivity index (χ3v) is 3.54. The van der Waals surface area contributed by atoms with Crippen molar-refractivity contribution in [1.82, 2.24) is 0 Å². The zero-order valence-electron chi connectivity index (χ0n) is 9.85. The molecule has 0 heterocycles. The Balaban J connectivity index is 2.51. The number of ether oxygens (including phenoxy) is 1. The summed E-state index contributed by atoms with van der Waals surface area (Å²) in [7, 11) is -3.02. The van der Waals surface area contributed by atoms with Crippen molar-refractivity contribution < 1.29 is 17.9 Å². The van der Waals surface area contributed by atoms with Gasteiger partial charge in [-0.1, -0.05) is 15.9 Å². The smallest absolute Gasteiger partial charge is 0.338 e. The Morgan fingerprint density at radius 3 is 2.61 bits per heavy atom. The standard InChI is InChI=1S/C11H14BrNO4S/c1-18(15,16)4-2-3-17-11(14)8-5-9(12)7-10(13)6-8/h5-7H,2-4,13H2,1H3. The van der Waals surface area contributed by atoms with Crippen molar-refractivity contribution in [2.75, 3.05) is 24.3 Å². The molecule has 1 aromatic rings. The molecular weight excluding hydrogens is 322 g/mol. The lowest BCUT2D eigenvalue weighted by Crippen LogP contribution is -2.11. The van der Waals surface area contributed by atoms with Gasteiger partial charge in [-0.3, -0.25) is 0 Å². The van der Waals surface area contributed by atoms with E-state index in [9.17, 15) is 13.2 Å². The average molecular weight is 336 g/mol. The second-order valence-corrected chi connectivity index (χ2v) is 7.07. The fraction of sp³-hybridized carbons (Fsp3) is 0.364. The summed E-state index contributed by atoms with van der Waals surface area (Å²) in [6, 6.07) is 4.76. The van der Waals surface area contributed by atoms with Gasteiger partial charge in [-0.15, -0.1) is 0 Å². The second-order valence-electron chi connectivity index (χ2n) is 3.89. The van der Waals surface area contributed by atoms with Gasteiger partial charge in [0.15, 0.2) is 0 Å². The molecule has 0 spiro atoms. The molecule has 0 fully saturated rings. The number of esters is 1. The van der Waals surface area contributed by atoms with E-state index in [1.165, 1.54) is 6.07 Å². The molecule has 7 heteroatoms. The van der Waals surface area contributed by atoms with E-state index in [1.54, 1.807) is 12.1 Å². The van der Waals surface area contributed by atoms with E-state index in [0.717, 1.165) is 6.26 Å². The number of sulfone groups is 1. The highest BCUT2D eigenvalue weighted by Gasteiger charge is 2.09. The van der Waals surface area contributed by atoms with Gasteiger partial charge < -0.3 is 10.5 Å². The Labute approximate surface area is 114 Å². The highest BCUT2D eigenvalue weighted by atomic mass is 79.9. The minimum absolute atomic E-state index is 0.000896. The zero-order chi connectivity index (χ0) is 13.8. The Hall–Kier alpha value is -1.08. The molecule has 18 heavy (non-hydrogen) atoms. The average Bonchev–Trinajstić information content (AvgIpc) is 2.21. The van der Waals surface area contributed by atoms with E-state index in [-0.39, 0.29) is 18.8 Å². The Morgan fingerprint density at radius 1 is 1.39 bits per heavy atom. The molecule has 1 rings (SSSR count). The van der Waals surface area contributed by atoms with Crippen LogP contribution in [0.15, 0.2) is 22.7 Å². The molecule has 0 aromatic heterocycles. The van der Waals surface area contributed by atoms with E-state index in [1.807, 2.05) is 0 Å². The number of nitrogens with two attached hydrogens (primary N) is 1. The van der Waals surface area contributed by atoms with Gasteiger partial charge in [0.1, 0.15) is 9.84 Å². The monoisotopic (exact) mass is 335 g/mol. The predicted octanol–water partition coefficient (Wildman–Crippen LogP) is 1.62. The van der Waals surface area contributed by atoms with Crippen LogP contribution in [0.25, 0.3) is 0 Å². The Morgan fingerprint density at radius 2 is 2.06 bits per heavy atom. The van der Waals surface area contributed by atoms with Crippen LogP contribution < -0.4 is 5.73 Å². The Bertz CT molecular complexity index is 522. The lowest BCUT2D eigenvalue weighted by Gasteiger charge is -2.05. The molecule has 0 saturated heterocycles. The van der Waals surface area contributed by atoms with Crippen molar-refractivity contribution in [2.45, 2.75) is 6.42 Å². The van der Waals surface area contributed by atoms with Crippen LogP contribution in [0.5, 0.6) is 0 Å². The summed E-state index contributed by atoms with van der Waals surface area (Å²) < 4.78 is 27.4. The van der Waals surface area contributed by atoms with Crippen molar-refractivity contribution >= 4 is 37.4 Å². The molecule has 0 saturated carbocycles. The van der Waals surface area contributed by atoms with Crippen LogP contribution >= 0.6 is 15.9 Å². The molecule has 0 aliphatic rings. The molecule has 5 nitrogen and oxygen atoms in total. The fourth-order valence-electron chi connectivity index (χ4n) is 1.30. The molecule has 1 aromatic carbocycles. The minimum Gasteiger partial charge on any atom is -0.462 e. The number of hydrogen-bond donors (Lipinski definition) is 1. The van der Waals surface area contributed by atoms with Crippen molar-refractivity contribution in [2.24, 2.45) is 0 Å². The molecule has 0 unspecified atom stereocenters. The summed E-state index contributed by atoms with van der Waals surface area (Å²) in [4.78, 5) is 11.6. The van der Waals surface area contributed by atoms with Crippen LogP contribution in [0.3, 0.4) is 0 Å². The molecular formula is C11H14BrNO4S. The number of carbonyl (C=O) groups excluding carboxylic acids is 1. The van der Waals surface area contributed by atoms with Crippen LogP contribution in [0.4, 0.5) is 5.69 Å². The minimum atomic E-state index is -3.02. The van der Waals surface area contributed by atoms with Crippen LogP contribution in [-0.2, 0) is 14.6 Å². The summed E-state index contributed by atoms with van der Waals surface area (Å²) >= 11 is 3.22. The van der Waals surface area contributed by atoms with E-state index in [2.05, 4.69) is 15.9 Å². The van der Waals surface area contributed by atoms with Gasteiger partial charge in [0.2, 0.25) is 0 Å². The predicted molar refractivity (Wildman–Crippen MR) is 73.2 cm³/mol. The number of carbonyl (C=O) groups is 1. The van der Waals surface area contributed by atoms with Gasteiger partial charge in [-0.25, -0.2) is 13.2 Å². The van der Waals surface area contributed by atoms with Crippen LogP contribution in [0.1, 0.15) is 16.8 Å². The number of anilines is 1. The zero-order valence-corrected chi connectivity index (χ0v) is 12.3. The van der Waals surface area contributed by atoms with Gasteiger partial charge in [-0.2, -0.15) is 0 Å². The molecule has 0 atom stereocenters.